The first-order chi connectivity index (χ1) is 14.8. The van der Waals surface area contributed by atoms with E-state index in [9.17, 15) is 0 Å². The number of hydrogen-bond donors (Lipinski definition) is 0. The van der Waals surface area contributed by atoms with Crippen molar-refractivity contribution in [3.63, 3.8) is 0 Å². The van der Waals surface area contributed by atoms with Crippen LogP contribution in [0.2, 0.25) is 0 Å². The first-order valence-corrected chi connectivity index (χ1v) is 14.0. The fourth-order valence-electron chi connectivity index (χ4n) is 4.32. The Morgan fingerprint density at radius 2 is 0.833 bits per heavy atom. The Hall–Kier alpha value is -0.260. The van der Waals surface area contributed by atoms with Crippen molar-refractivity contribution < 1.29 is 0 Å². The standard InChI is InChI=1S/C30H58/c1-4-6-8-10-12-13-14-15-16-17-18-19-20-21-23-25-27-29-30(3)28-26-24-22-11-9-7-5-2/h24,26,30H,1-2,4-23,25,27-29H2,3H3. The van der Waals surface area contributed by atoms with Crippen LogP contribution in [0, 0.1) is 19.8 Å². The van der Waals surface area contributed by atoms with Gasteiger partial charge in [-0.1, -0.05) is 168 Å². The predicted molar refractivity (Wildman–Crippen MR) is 140 cm³/mol. The van der Waals surface area contributed by atoms with E-state index in [1.165, 1.54) is 141 Å². The molecule has 0 fully saturated rings. The van der Waals surface area contributed by atoms with E-state index in [2.05, 4.69) is 32.9 Å². The van der Waals surface area contributed by atoms with Gasteiger partial charge in [0.2, 0.25) is 0 Å². The van der Waals surface area contributed by atoms with E-state index in [-0.39, 0.29) is 0 Å². The Kier molecular flexibility index (Phi) is 26.5. The van der Waals surface area contributed by atoms with Gasteiger partial charge >= 0.3 is 0 Å². The molecule has 0 aliphatic rings. The van der Waals surface area contributed by atoms with E-state index in [0.717, 1.165) is 18.8 Å². The number of rotatable bonds is 25. The molecule has 0 aliphatic carbocycles. The molecule has 0 nitrogen and oxygen atoms in total. The van der Waals surface area contributed by atoms with Crippen molar-refractivity contribution in [1.82, 2.24) is 0 Å². The third-order valence-corrected chi connectivity index (χ3v) is 6.52. The molecule has 178 valence electrons. The monoisotopic (exact) mass is 418 g/mol. The molecule has 0 aromatic rings. The van der Waals surface area contributed by atoms with Gasteiger partial charge in [0, 0.05) is 0 Å². The van der Waals surface area contributed by atoms with Crippen molar-refractivity contribution in [3.8, 4) is 0 Å². The third-order valence-electron chi connectivity index (χ3n) is 6.52. The molecule has 0 aliphatic heterocycles. The zero-order chi connectivity index (χ0) is 22.0. The van der Waals surface area contributed by atoms with Gasteiger partial charge in [0.1, 0.15) is 0 Å². The molecule has 30 heavy (non-hydrogen) atoms. The van der Waals surface area contributed by atoms with Crippen LogP contribution in [0.3, 0.4) is 0 Å². The van der Waals surface area contributed by atoms with Gasteiger partial charge in [0.05, 0.1) is 0 Å². The van der Waals surface area contributed by atoms with Crippen molar-refractivity contribution in [1.29, 1.82) is 0 Å². The molecule has 0 N–H and O–H groups in total. The highest BCUT2D eigenvalue weighted by Gasteiger charge is 2.00. The highest BCUT2D eigenvalue weighted by atomic mass is 14.1. The molecule has 0 bridgehead atoms. The summed E-state index contributed by atoms with van der Waals surface area (Å²) < 4.78 is 0. The Labute approximate surface area is 193 Å². The molecule has 2 radical (unpaired) electrons. The zero-order valence-electron chi connectivity index (χ0n) is 21.1. The van der Waals surface area contributed by atoms with Crippen LogP contribution in [0.5, 0.6) is 0 Å². The lowest BCUT2D eigenvalue weighted by molar-refractivity contribution is 0.481. The summed E-state index contributed by atoms with van der Waals surface area (Å²) in [6.45, 7) is 10.3. The molecule has 0 rings (SSSR count). The highest BCUT2D eigenvalue weighted by Crippen LogP contribution is 2.17. The van der Waals surface area contributed by atoms with Crippen LogP contribution >= 0.6 is 0 Å². The van der Waals surface area contributed by atoms with Gasteiger partial charge < -0.3 is 0 Å². The maximum Gasteiger partial charge on any atom is -0.0325 e. The second kappa shape index (κ2) is 26.8. The third kappa shape index (κ3) is 25.8. The minimum Gasteiger partial charge on any atom is -0.0885 e. The molecule has 0 saturated heterocycles. The summed E-state index contributed by atoms with van der Waals surface area (Å²) in [6.07, 6.45) is 38.2. The van der Waals surface area contributed by atoms with E-state index in [1.807, 2.05) is 0 Å². The van der Waals surface area contributed by atoms with Crippen LogP contribution in [-0.2, 0) is 0 Å². The zero-order valence-corrected chi connectivity index (χ0v) is 21.1. The minimum atomic E-state index is 0.870. The summed E-state index contributed by atoms with van der Waals surface area (Å²) in [6, 6.07) is 0. The van der Waals surface area contributed by atoms with Gasteiger partial charge in [-0.15, -0.1) is 0 Å². The van der Waals surface area contributed by atoms with Crippen LogP contribution in [0.25, 0.3) is 0 Å². The molecular formula is C30H58. The molecule has 0 heteroatoms. The van der Waals surface area contributed by atoms with Gasteiger partial charge in [-0.25, -0.2) is 0 Å². The molecule has 0 aromatic carbocycles. The Balaban J connectivity index is 3.15. The van der Waals surface area contributed by atoms with Gasteiger partial charge in [0.15, 0.2) is 0 Å². The quantitative estimate of drug-likeness (QED) is 0.102. The van der Waals surface area contributed by atoms with Gasteiger partial charge in [-0.05, 0) is 25.2 Å². The van der Waals surface area contributed by atoms with Gasteiger partial charge in [-0.3, -0.25) is 0 Å². The molecule has 0 heterocycles. The number of hydrogen-bond acceptors (Lipinski definition) is 0. The largest absolute Gasteiger partial charge is 0.0885 e. The van der Waals surface area contributed by atoms with Gasteiger partial charge in [0.25, 0.3) is 0 Å². The summed E-state index contributed by atoms with van der Waals surface area (Å²) in [7, 11) is 0. The average molecular weight is 419 g/mol. The minimum absolute atomic E-state index is 0.870. The second-order valence-electron chi connectivity index (χ2n) is 9.81. The smallest absolute Gasteiger partial charge is 0.0325 e. The fourth-order valence-corrected chi connectivity index (χ4v) is 4.32. The van der Waals surface area contributed by atoms with Crippen molar-refractivity contribution >= 4 is 0 Å². The van der Waals surface area contributed by atoms with Crippen molar-refractivity contribution in [2.75, 3.05) is 0 Å². The number of allylic oxidation sites excluding steroid dienone is 2. The van der Waals surface area contributed by atoms with Gasteiger partial charge in [-0.2, -0.15) is 0 Å². The Morgan fingerprint density at radius 1 is 0.467 bits per heavy atom. The van der Waals surface area contributed by atoms with Crippen LogP contribution in [0.1, 0.15) is 161 Å². The molecule has 0 amide bonds. The average Bonchev–Trinajstić information content (AvgIpc) is 2.75. The molecular weight excluding hydrogens is 360 g/mol. The lowest BCUT2D eigenvalue weighted by Crippen LogP contribution is -1.92. The first kappa shape index (κ1) is 29.7. The second-order valence-corrected chi connectivity index (χ2v) is 9.81. The summed E-state index contributed by atoms with van der Waals surface area (Å²) in [5, 5.41) is 0. The Morgan fingerprint density at radius 3 is 1.27 bits per heavy atom. The molecule has 0 spiro atoms. The maximum atomic E-state index is 3.92. The van der Waals surface area contributed by atoms with Crippen LogP contribution in [0.15, 0.2) is 12.2 Å². The molecule has 0 saturated carbocycles. The SMILES string of the molecule is [CH2]CCCCCC=CCC(C)CCCCCCCCCCCCCCCCCC[CH2]. The van der Waals surface area contributed by atoms with Crippen molar-refractivity contribution in [2.24, 2.45) is 5.92 Å². The summed E-state index contributed by atoms with van der Waals surface area (Å²) >= 11 is 0. The van der Waals surface area contributed by atoms with E-state index in [0.29, 0.717) is 0 Å². The summed E-state index contributed by atoms with van der Waals surface area (Å²) in [5.41, 5.74) is 0. The lowest BCUT2D eigenvalue weighted by atomic mass is 9.98. The van der Waals surface area contributed by atoms with E-state index in [4.69, 9.17) is 0 Å². The predicted octanol–water partition coefficient (Wildman–Crippen LogP) is 11.2. The fraction of sp³-hybridized carbons (Fsp3) is 0.867. The van der Waals surface area contributed by atoms with Crippen molar-refractivity contribution in [3.05, 3.63) is 26.0 Å². The molecule has 0 aromatic heterocycles. The summed E-state index contributed by atoms with van der Waals surface area (Å²) in [4.78, 5) is 0. The maximum absolute atomic E-state index is 3.92. The summed E-state index contributed by atoms with van der Waals surface area (Å²) in [5.74, 6) is 0.870. The van der Waals surface area contributed by atoms with E-state index in [1.54, 1.807) is 0 Å². The Bertz CT molecular complexity index is 316. The lowest BCUT2D eigenvalue weighted by Gasteiger charge is -2.08. The highest BCUT2D eigenvalue weighted by molar-refractivity contribution is 4.83. The van der Waals surface area contributed by atoms with Crippen molar-refractivity contribution in [2.45, 2.75) is 161 Å². The molecule has 1 unspecified atom stereocenters. The van der Waals surface area contributed by atoms with Crippen LogP contribution in [-0.4, -0.2) is 0 Å². The van der Waals surface area contributed by atoms with Crippen LogP contribution < -0.4 is 0 Å². The number of unbranched alkanes of at least 4 members (excludes halogenated alkanes) is 20. The first-order valence-electron chi connectivity index (χ1n) is 14.0. The van der Waals surface area contributed by atoms with Crippen LogP contribution in [0.4, 0.5) is 0 Å². The van der Waals surface area contributed by atoms with E-state index < -0.39 is 0 Å². The topological polar surface area (TPSA) is 0 Å². The molecule has 1 atom stereocenters. The normalized spacial score (nSPS) is 12.8. The van der Waals surface area contributed by atoms with E-state index >= 15 is 0 Å².